The average Bonchev–Trinajstić information content (AvgIpc) is 2.99. The molecule has 0 aliphatic heterocycles. The Bertz CT molecular complexity index is 1000. The van der Waals surface area contributed by atoms with E-state index in [1.165, 1.54) is 0 Å². The molecule has 2 heterocycles. The van der Waals surface area contributed by atoms with E-state index in [-0.39, 0.29) is 5.78 Å². The molecule has 0 aliphatic carbocycles. The molecule has 2 aromatic carbocycles. The topological polar surface area (TPSA) is 58.6 Å². The molecule has 4 aromatic rings. The first-order valence-electron chi connectivity index (χ1n) is 7.07. The van der Waals surface area contributed by atoms with Crippen molar-refractivity contribution in [2.45, 2.75) is 6.92 Å². The molecule has 0 fully saturated rings. The van der Waals surface area contributed by atoms with E-state index < -0.39 is 0 Å². The second-order valence-corrected chi connectivity index (χ2v) is 5.32. The van der Waals surface area contributed by atoms with E-state index in [0.717, 1.165) is 27.5 Å². The lowest BCUT2D eigenvalue weighted by atomic mass is 10.1. The quantitative estimate of drug-likeness (QED) is 0.572. The second kappa shape index (κ2) is 4.77. The summed E-state index contributed by atoms with van der Waals surface area (Å²) in [5.74, 6) is 0.234. The summed E-state index contributed by atoms with van der Waals surface area (Å²) >= 11 is 0. The molecule has 22 heavy (non-hydrogen) atoms. The highest BCUT2D eigenvalue weighted by molar-refractivity contribution is 6.10. The van der Waals surface area contributed by atoms with Crippen molar-refractivity contribution in [3.63, 3.8) is 0 Å². The van der Waals surface area contributed by atoms with Crippen LogP contribution in [0.25, 0.3) is 21.9 Å². The molecule has 2 aromatic heterocycles. The first-order valence-corrected chi connectivity index (χ1v) is 7.07. The van der Waals surface area contributed by atoms with Crippen LogP contribution in [0.5, 0.6) is 0 Å². The third kappa shape index (κ3) is 1.97. The Morgan fingerprint density at radius 3 is 2.64 bits per heavy atom. The van der Waals surface area contributed by atoms with Crippen LogP contribution in [0.4, 0.5) is 0 Å². The first-order chi connectivity index (χ1) is 10.7. The van der Waals surface area contributed by atoms with Gasteiger partial charge in [0.15, 0.2) is 5.82 Å². The number of ketones is 1. The van der Waals surface area contributed by atoms with E-state index in [2.05, 4.69) is 15.0 Å². The van der Waals surface area contributed by atoms with Crippen LogP contribution in [0.1, 0.15) is 21.7 Å². The molecule has 0 radical (unpaired) electrons. The Kier molecular flexibility index (Phi) is 2.76. The van der Waals surface area contributed by atoms with Crippen molar-refractivity contribution in [3.8, 4) is 0 Å². The minimum Gasteiger partial charge on any atom is -0.334 e. The molecule has 4 rings (SSSR count). The maximum absolute atomic E-state index is 12.5. The summed E-state index contributed by atoms with van der Waals surface area (Å²) in [7, 11) is 0. The lowest BCUT2D eigenvalue weighted by Crippen LogP contribution is -2.03. The smallest absolute Gasteiger partial charge is 0.228 e. The van der Waals surface area contributed by atoms with E-state index >= 15 is 0 Å². The highest BCUT2D eigenvalue weighted by Crippen LogP contribution is 2.22. The van der Waals surface area contributed by atoms with Gasteiger partial charge in [-0.25, -0.2) is 4.98 Å². The van der Waals surface area contributed by atoms with Gasteiger partial charge in [0.1, 0.15) is 5.52 Å². The van der Waals surface area contributed by atoms with Gasteiger partial charge < -0.3 is 4.98 Å². The Balaban J connectivity index is 1.87. The van der Waals surface area contributed by atoms with Gasteiger partial charge in [-0.3, -0.25) is 9.78 Å². The maximum Gasteiger partial charge on any atom is 0.228 e. The number of imidazole rings is 1. The van der Waals surface area contributed by atoms with Crippen molar-refractivity contribution in [1.82, 2.24) is 15.0 Å². The van der Waals surface area contributed by atoms with Crippen LogP contribution in [-0.4, -0.2) is 20.7 Å². The fourth-order valence-electron chi connectivity index (χ4n) is 2.56. The van der Waals surface area contributed by atoms with Crippen LogP contribution < -0.4 is 0 Å². The zero-order valence-corrected chi connectivity index (χ0v) is 12.0. The lowest BCUT2D eigenvalue weighted by Gasteiger charge is -1.97. The highest BCUT2D eigenvalue weighted by Gasteiger charge is 2.15. The Labute approximate surface area is 126 Å². The standard InChI is InChI=1S/C18H13N3O/c1-11-6-8-12(9-7-11)17(22)18-20-15-10-19-14-5-3-2-4-13(14)16(15)21-18/h2-10H,1H3,(H,20,21). The maximum atomic E-state index is 12.5. The summed E-state index contributed by atoms with van der Waals surface area (Å²) in [6.45, 7) is 1.99. The molecule has 0 saturated heterocycles. The number of carbonyl (C=O) groups is 1. The number of hydrogen-bond donors (Lipinski definition) is 1. The fourth-order valence-corrected chi connectivity index (χ4v) is 2.56. The number of benzene rings is 2. The third-order valence-electron chi connectivity index (χ3n) is 3.75. The summed E-state index contributed by atoms with van der Waals surface area (Å²) in [6, 6.07) is 15.3. The van der Waals surface area contributed by atoms with E-state index in [4.69, 9.17) is 0 Å². The Hall–Kier alpha value is -3.01. The second-order valence-electron chi connectivity index (χ2n) is 5.32. The number of hydrogen-bond acceptors (Lipinski definition) is 3. The van der Waals surface area contributed by atoms with Crippen molar-refractivity contribution < 1.29 is 4.79 Å². The summed E-state index contributed by atoms with van der Waals surface area (Å²) in [4.78, 5) is 24.5. The first kappa shape index (κ1) is 12.7. The van der Waals surface area contributed by atoms with Crippen LogP contribution in [0.15, 0.2) is 54.7 Å². The summed E-state index contributed by atoms with van der Waals surface area (Å²) < 4.78 is 0. The zero-order chi connectivity index (χ0) is 15.1. The lowest BCUT2D eigenvalue weighted by molar-refractivity contribution is 0.103. The SMILES string of the molecule is Cc1ccc(C(=O)c2nc3c(cnc4ccccc43)[nH]2)cc1. The summed E-state index contributed by atoms with van der Waals surface area (Å²) in [5.41, 5.74) is 4.17. The number of aryl methyl sites for hydroxylation is 1. The number of nitrogens with one attached hydrogen (secondary N) is 1. The highest BCUT2D eigenvalue weighted by atomic mass is 16.1. The number of para-hydroxylation sites is 1. The van der Waals surface area contributed by atoms with Gasteiger partial charge >= 0.3 is 0 Å². The summed E-state index contributed by atoms with van der Waals surface area (Å²) in [5, 5.41) is 0.944. The van der Waals surface area contributed by atoms with Crippen LogP contribution in [-0.2, 0) is 0 Å². The van der Waals surface area contributed by atoms with Gasteiger partial charge in [-0.1, -0.05) is 48.0 Å². The largest absolute Gasteiger partial charge is 0.334 e. The molecule has 4 heteroatoms. The van der Waals surface area contributed by atoms with E-state index in [1.807, 2.05) is 55.5 Å². The molecule has 0 spiro atoms. The van der Waals surface area contributed by atoms with Crippen LogP contribution in [0.3, 0.4) is 0 Å². The molecule has 0 unspecified atom stereocenters. The van der Waals surface area contributed by atoms with Gasteiger partial charge in [0.25, 0.3) is 0 Å². The van der Waals surface area contributed by atoms with Gasteiger partial charge in [-0.2, -0.15) is 0 Å². The van der Waals surface area contributed by atoms with E-state index in [0.29, 0.717) is 11.4 Å². The minimum absolute atomic E-state index is 0.111. The number of fused-ring (bicyclic) bond motifs is 3. The van der Waals surface area contributed by atoms with Crippen molar-refractivity contribution >= 4 is 27.7 Å². The molecule has 4 nitrogen and oxygen atoms in total. The van der Waals surface area contributed by atoms with Gasteiger partial charge in [0.2, 0.25) is 5.78 Å². The minimum atomic E-state index is -0.111. The van der Waals surface area contributed by atoms with Crippen molar-refractivity contribution in [2.75, 3.05) is 0 Å². The van der Waals surface area contributed by atoms with E-state index in [9.17, 15) is 4.79 Å². The molecule has 0 atom stereocenters. The number of H-pyrrole nitrogens is 1. The third-order valence-corrected chi connectivity index (χ3v) is 3.75. The Morgan fingerprint density at radius 2 is 1.82 bits per heavy atom. The van der Waals surface area contributed by atoms with Gasteiger partial charge in [-0.15, -0.1) is 0 Å². The van der Waals surface area contributed by atoms with Crippen molar-refractivity contribution in [1.29, 1.82) is 0 Å². The molecule has 0 saturated carbocycles. The molecule has 1 N–H and O–H groups in total. The molecule has 0 amide bonds. The molecular weight excluding hydrogens is 274 g/mol. The number of aromatic amines is 1. The molecule has 0 bridgehead atoms. The summed E-state index contributed by atoms with van der Waals surface area (Å²) in [6.07, 6.45) is 1.72. The average molecular weight is 287 g/mol. The van der Waals surface area contributed by atoms with Crippen molar-refractivity contribution in [2.24, 2.45) is 0 Å². The fraction of sp³-hybridized carbons (Fsp3) is 0.0556. The number of rotatable bonds is 2. The predicted octanol–water partition coefficient (Wildman–Crippen LogP) is 3.65. The van der Waals surface area contributed by atoms with Gasteiger partial charge in [-0.05, 0) is 13.0 Å². The monoisotopic (exact) mass is 287 g/mol. The van der Waals surface area contributed by atoms with Crippen LogP contribution in [0, 0.1) is 6.92 Å². The zero-order valence-electron chi connectivity index (χ0n) is 12.0. The van der Waals surface area contributed by atoms with Crippen LogP contribution >= 0.6 is 0 Å². The number of nitrogens with zero attached hydrogens (tertiary/aromatic N) is 2. The predicted molar refractivity (Wildman–Crippen MR) is 86.0 cm³/mol. The van der Waals surface area contributed by atoms with Gasteiger partial charge in [0, 0.05) is 10.9 Å². The number of carbonyl (C=O) groups excluding carboxylic acids is 1. The van der Waals surface area contributed by atoms with Gasteiger partial charge in [0.05, 0.1) is 17.2 Å². The molecule has 0 aliphatic rings. The van der Waals surface area contributed by atoms with Crippen molar-refractivity contribution in [3.05, 3.63) is 71.7 Å². The van der Waals surface area contributed by atoms with Crippen LogP contribution in [0.2, 0.25) is 0 Å². The molecular formula is C18H13N3O. The Morgan fingerprint density at radius 1 is 1.05 bits per heavy atom. The normalized spacial score (nSPS) is 11.1. The van der Waals surface area contributed by atoms with E-state index in [1.54, 1.807) is 6.20 Å². The molecule has 106 valence electrons. The number of pyridine rings is 1. The number of aromatic nitrogens is 3.